The van der Waals surface area contributed by atoms with Crippen LogP contribution in [0.1, 0.15) is 0 Å². The molecule has 0 fully saturated rings. The Bertz CT molecular complexity index is 325. The van der Waals surface area contributed by atoms with Gasteiger partial charge in [0.1, 0.15) is 0 Å². The van der Waals surface area contributed by atoms with Crippen molar-refractivity contribution in [3.63, 3.8) is 0 Å². The lowest BCUT2D eigenvalue weighted by molar-refractivity contribution is -0.275. The number of hydrogen-bond donors (Lipinski definition) is 1. The second kappa shape index (κ2) is 4.00. The van der Waals surface area contributed by atoms with Crippen LogP contribution in [0.2, 0.25) is 0 Å². The van der Waals surface area contributed by atoms with Crippen molar-refractivity contribution in [3.05, 3.63) is 18.2 Å². The van der Waals surface area contributed by atoms with Gasteiger partial charge < -0.3 is 9.47 Å². The van der Waals surface area contributed by atoms with Crippen LogP contribution in [-0.4, -0.2) is 13.5 Å². The maximum atomic E-state index is 11.9. The second-order valence-corrected chi connectivity index (χ2v) is 2.90. The molecule has 0 N–H and O–H groups in total. The molecule has 0 aliphatic carbocycles. The molecule has 0 bridgehead atoms. The molecule has 0 spiro atoms. The van der Waals surface area contributed by atoms with Crippen molar-refractivity contribution in [1.82, 2.24) is 0 Å². The standard InChI is InChI=1S/C8H7F3O2S/c1-12-7-4-5(14)2-3-6(7)13-8(9,10)11/h2-4,14H,1H3. The zero-order valence-electron chi connectivity index (χ0n) is 7.13. The summed E-state index contributed by atoms with van der Waals surface area (Å²) in [5.74, 6) is -0.382. The lowest BCUT2D eigenvalue weighted by atomic mass is 10.3. The molecule has 0 aromatic heterocycles. The highest BCUT2D eigenvalue weighted by molar-refractivity contribution is 7.80. The normalized spacial score (nSPS) is 11.2. The van der Waals surface area contributed by atoms with E-state index >= 15 is 0 Å². The molecule has 0 aliphatic heterocycles. The van der Waals surface area contributed by atoms with E-state index in [0.29, 0.717) is 4.90 Å². The third kappa shape index (κ3) is 3.02. The lowest BCUT2D eigenvalue weighted by Crippen LogP contribution is -2.17. The molecule has 78 valence electrons. The van der Waals surface area contributed by atoms with E-state index < -0.39 is 6.36 Å². The van der Waals surface area contributed by atoms with Crippen LogP contribution in [0.3, 0.4) is 0 Å². The van der Waals surface area contributed by atoms with Gasteiger partial charge in [-0.25, -0.2) is 0 Å². The third-order valence-electron chi connectivity index (χ3n) is 1.37. The summed E-state index contributed by atoms with van der Waals surface area (Å²) in [5.41, 5.74) is 0. The van der Waals surface area contributed by atoms with Gasteiger partial charge in [-0.15, -0.1) is 25.8 Å². The molecule has 1 rings (SSSR count). The number of methoxy groups -OCH3 is 1. The largest absolute Gasteiger partial charge is 0.573 e. The van der Waals surface area contributed by atoms with E-state index in [9.17, 15) is 13.2 Å². The van der Waals surface area contributed by atoms with Gasteiger partial charge in [-0.05, 0) is 18.2 Å². The molecule has 0 atom stereocenters. The number of benzene rings is 1. The molecule has 1 aromatic rings. The first kappa shape index (κ1) is 11.0. The van der Waals surface area contributed by atoms with Gasteiger partial charge in [0.25, 0.3) is 0 Å². The number of hydrogen-bond acceptors (Lipinski definition) is 3. The molecule has 1 aromatic carbocycles. The first-order valence-electron chi connectivity index (χ1n) is 3.55. The van der Waals surface area contributed by atoms with E-state index in [4.69, 9.17) is 4.74 Å². The lowest BCUT2D eigenvalue weighted by Gasteiger charge is -2.12. The van der Waals surface area contributed by atoms with Crippen molar-refractivity contribution in [2.24, 2.45) is 0 Å². The molecular weight excluding hydrogens is 217 g/mol. The number of thiol groups is 1. The van der Waals surface area contributed by atoms with E-state index in [0.717, 1.165) is 6.07 Å². The van der Waals surface area contributed by atoms with Crippen molar-refractivity contribution in [1.29, 1.82) is 0 Å². The summed E-state index contributed by atoms with van der Waals surface area (Å²) < 4.78 is 44.0. The summed E-state index contributed by atoms with van der Waals surface area (Å²) in [6.07, 6.45) is -4.72. The van der Waals surface area contributed by atoms with Gasteiger partial charge in [0.05, 0.1) is 7.11 Å². The van der Waals surface area contributed by atoms with Crippen LogP contribution in [0.25, 0.3) is 0 Å². The summed E-state index contributed by atoms with van der Waals surface area (Å²) >= 11 is 3.95. The summed E-state index contributed by atoms with van der Waals surface area (Å²) in [6, 6.07) is 3.87. The molecule has 6 heteroatoms. The fourth-order valence-corrected chi connectivity index (χ4v) is 1.06. The van der Waals surface area contributed by atoms with E-state index in [1.165, 1.54) is 19.2 Å². The Morgan fingerprint density at radius 3 is 2.36 bits per heavy atom. The minimum atomic E-state index is -4.72. The van der Waals surface area contributed by atoms with Crippen LogP contribution < -0.4 is 9.47 Å². The van der Waals surface area contributed by atoms with Crippen LogP contribution in [0.5, 0.6) is 11.5 Å². The second-order valence-electron chi connectivity index (χ2n) is 2.38. The maximum absolute atomic E-state index is 11.9. The molecule has 0 heterocycles. The Labute approximate surface area is 84.0 Å². The van der Waals surface area contributed by atoms with Crippen molar-refractivity contribution in [2.75, 3.05) is 7.11 Å². The topological polar surface area (TPSA) is 18.5 Å². The maximum Gasteiger partial charge on any atom is 0.573 e. The predicted octanol–water partition coefficient (Wildman–Crippen LogP) is 2.88. The Morgan fingerprint density at radius 2 is 1.86 bits per heavy atom. The first-order valence-corrected chi connectivity index (χ1v) is 4.00. The van der Waals surface area contributed by atoms with Crippen LogP contribution in [0.15, 0.2) is 23.1 Å². The van der Waals surface area contributed by atoms with Gasteiger partial charge in [0, 0.05) is 4.90 Å². The fraction of sp³-hybridized carbons (Fsp3) is 0.250. The van der Waals surface area contributed by atoms with Gasteiger partial charge in [0.15, 0.2) is 11.5 Å². The van der Waals surface area contributed by atoms with E-state index in [1.807, 2.05) is 0 Å². The average Bonchev–Trinajstić information content (AvgIpc) is 2.06. The SMILES string of the molecule is COc1cc(S)ccc1OC(F)(F)F. The zero-order valence-corrected chi connectivity index (χ0v) is 8.02. The number of halogens is 3. The quantitative estimate of drug-likeness (QED) is 0.778. The van der Waals surface area contributed by atoms with E-state index in [2.05, 4.69) is 17.4 Å². The smallest absolute Gasteiger partial charge is 0.493 e. The summed E-state index contributed by atoms with van der Waals surface area (Å²) in [5, 5.41) is 0. The summed E-state index contributed by atoms with van der Waals surface area (Å²) in [7, 11) is 1.26. The van der Waals surface area contributed by atoms with Crippen LogP contribution in [0.4, 0.5) is 13.2 Å². The molecule has 0 saturated carbocycles. The number of alkyl halides is 3. The predicted molar refractivity (Wildman–Crippen MR) is 46.9 cm³/mol. The summed E-state index contributed by atoms with van der Waals surface area (Å²) in [4.78, 5) is 0.497. The Balaban J connectivity index is 2.97. The monoisotopic (exact) mass is 224 g/mol. The highest BCUT2D eigenvalue weighted by Gasteiger charge is 2.32. The average molecular weight is 224 g/mol. The van der Waals surface area contributed by atoms with Gasteiger partial charge >= 0.3 is 6.36 Å². The van der Waals surface area contributed by atoms with Crippen molar-refractivity contribution in [2.45, 2.75) is 11.3 Å². The van der Waals surface area contributed by atoms with E-state index in [-0.39, 0.29) is 11.5 Å². The van der Waals surface area contributed by atoms with Gasteiger partial charge in [-0.3, -0.25) is 0 Å². The van der Waals surface area contributed by atoms with Gasteiger partial charge in [-0.1, -0.05) is 0 Å². The van der Waals surface area contributed by atoms with Crippen LogP contribution in [-0.2, 0) is 0 Å². The molecular formula is C8H7F3O2S. The van der Waals surface area contributed by atoms with Crippen molar-refractivity contribution < 1.29 is 22.6 Å². The van der Waals surface area contributed by atoms with Gasteiger partial charge in [-0.2, -0.15) is 0 Å². The van der Waals surface area contributed by atoms with Gasteiger partial charge in [0.2, 0.25) is 0 Å². The highest BCUT2D eigenvalue weighted by Crippen LogP contribution is 2.33. The molecule has 0 aliphatic rings. The Kier molecular flexibility index (Phi) is 3.15. The molecule has 0 unspecified atom stereocenters. The molecule has 14 heavy (non-hydrogen) atoms. The number of rotatable bonds is 2. The third-order valence-corrected chi connectivity index (χ3v) is 1.65. The zero-order chi connectivity index (χ0) is 10.8. The van der Waals surface area contributed by atoms with Crippen LogP contribution >= 0.6 is 12.6 Å². The minimum Gasteiger partial charge on any atom is -0.493 e. The van der Waals surface area contributed by atoms with Crippen molar-refractivity contribution >= 4 is 12.6 Å². The van der Waals surface area contributed by atoms with Crippen molar-refractivity contribution in [3.8, 4) is 11.5 Å². The Hall–Kier alpha value is -1.04. The molecule has 0 amide bonds. The summed E-state index contributed by atoms with van der Waals surface area (Å²) in [6.45, 7) is 0. The molecule has 0 radical (unpaired) electrons. The minimum absolute atomic E-state index is 0.00479. The Morgan fingerprint density at radius 1 is 1.21 bits per heavy atom. The number of ether oxygens (including phenoxy) is 2. The highest BCUT2D eigenvalue weighted by atomic mass is 32.1. The van der Waals surface area contributed by atoms with Crippen LogP contribution in [0, 0.1) is 0 Å². The van der Waals surface area contributed by atoms with E-state index in [1.54, 1.807) is 0 Å². The fourth-order valence-electron chi connectivity index (χ4n) is 0.865. The molecule has 0 saturated heterocycles. The first-order chi connectivity index (χ1) is 6.42. The molecule has 2 nitrogen and oxygen atoms in total.